The van der Waals surface area contributed by atoms with E-state index >= 15 is 0 Å². The van der Waals surface area contributed by atoms with Crippen LogP contribution in [0.5, 0.6) is 0 Å². The Kier molecular flexibility index (Phi) is 4.59. The predicted molar refractivity (Wildman–Crippen MR) is 88.5 cm³/mol. The minimum Gasteiger partial charge on any atom is -0.545 e. The van der Waals surface area contributed by atoms with Crippen LogP contribution in [0.15, 0.2) is 48.5 Å². The van der Waals surface area contributed by atoms with Gasteiger partial charge >= 0.3 is 0 Å². The quantitative estimate of drug-likeness (QED) is 0.857. The molecule has 118 valence electrons. The van der Waals surface area contributed by atoms with E-state index in [4.69, 9.17) is 11.6 Å². The molecular weight excluding hydrogens is 334 g/mol. The smallest absolute Gasteiger partial charge is 0.255 e. The van der Waals surface area contributed by atoms with Crippen molar-refractivity contribution in [2.24, 2.45) is 0 Å². The molecule has 1 aliphatic rings. The maximum atomic E-state index is 12.8. The summed E-state index contributed by atoms with van der Waals surface area (Å²) in [5.74, 6) is -0.842. The van der Waals surface area contributed by atoms with Crippen LogP contribution < -0.4 is 5.11 Å². The Morgan fingerprint density at radius 1 is 1.09 bits per heavy atom. The van der Waals surface area contributed by atoms with E-state index in [1.165, 1.54) is 12.1 Å². The molecule has 6 heteroatoms. The number of hydrogen-bond acceptors (Lipinski definition) is 4. The van der Waals surface area contributed by atoms with Crippen molar-refractivity contribution in [3.63, 3.8) is 0 Å². The van der Waals surface area contributed by atoms with Gasteiger partial charge < -0.3 is 14.8 Å². The van der Waals surface area contributed by atoms with E-state index in [-0.39, 0.29) is 22.4 Å². The molecule has 1 aliphatic heterocycles. The van der Waals surface area contributed by atoms with Crippen molar-refractivity contribution < 1.29 is 14.7 Å². The Bertz CT molecular complexity index is 748. The molecule has 0 saturated carbocycles. The summed E-state index contributed by atoms with van der Waals surface area (Å²) in [6.45, 7) is 0.568. The molecule has 1 fully saturated rings. The molecule has 1 amide bonds. The van der Waals surface area contributed by atoms with Gasteiger partial charge in [-0.2, -0.15) is 0 Å². The highest BCUT2D eigenvalue weighted by Crippen LogP contribution is 2.39. The average molecular weight is 347 g/mol. The highest BCUT2D eigenvalue weighted by atomic mass is 35.5. The fourth-order valence-corrected chi connectivity index (χ4v) is 3.97. The van der Waals surface area contributed by atoms with E-state index in [0.29, 0.717) is 11.6 Å². The van der Waals surface area contributed by atoms with E-state index < -0.39 is 5.97 Å². The zero-order chi connectivity index (χ0) is 16.4. The van der Waals surface area contributed by atoms with Crippen LogP contribution in [-0.2, 0) is 0 Å². The van der Waals surface area contributed by atoms with Gasteiger partial charge in [-0.05, 0) is 23.8 Å². The number of nitrogens with zero attached hydrogens (tertiary/aromatic N) is 1. The summed E-state index contributed by atoms with van der Waals surface area (Å²) in [4.78, 5) is 25.7. The maximum Gasteiger partial charge on any atom is 0.255 e. The zero-order valence-corrected chi connectivity index (χ0v) is 13.6. The molecule has 0 radical (unpaired) electrons. The van der Waals surface area contributed by atoms with Crippen molar-refractivity contribution in [1.29, 1.82) is 0 Å². The Morgan fingerprint density at radius 2 is 1.74 bits per heavy atom. The number of rotatable bonds is 3. The number of hydrogen-bond donors (Lipinski definition) is 0. The first-order chi connectivity index (χ1) is 11.1. The topological polar surface area (TPSA) is 60.4 Å². The lowest BCUT2D eigenvalue weighted by molar-refractivity contribution is -0.255. The Balaban J connectivity index is 1.92. The summed E-state index contributed by atoms with van der Waals surface area (Å²) in [6, 6.07) is 13.5. The van der Waals surface area contributed by atoms with Crippen molar-refractivity contribution in [3.05, 3.63) is 70.2 Å². The summed E-state index contributed by atoms with van der Waals surface area (Å²) < 4.78 is 0. The van der Waals surface area contributed by atoms with Crippen LogP contribution in [0.25, 0.3) is 0 Å². The van der Waals surface area contributed by atoms with E-state index in [1.54, 1.807) is 40.9 Å². The van der Waals surface area contributed by atoms with Crippen molar-refractivity contribution in [2.75, 3.05) is 12.3 Å². The van der Waals surface area contributed by atoms with Gasteiger partial charge in [0.05, 0.1) is 5.97 Å². The first-order valence-electron chi connectivity index (χ1n) is 7.06. The Morgan fingerprint density at radius 3 is 2.39 bits per heavy atom. The van der Waals surface area contributed by atoms with Gasteiger partial charge in [0.25, 0.3) is 5.91 Å². The zero-order valence-electron chi connectivity index (χ0n) is 12.1. The molecule has 0 aliphatic carbocycles. The molecule has 1 unspecified atom stereocenters. The van der Waals surface area contributed by atoms with Crippen LogP contribution in [0.4, 0.5) is 0 Å². The Labute approximate surface area is 143 Å². The van der Waals surface area contributed by atoms with Gasteiger partial charge in [-0.25, -0.2) is 0 Å². The number of carbonyl (C=O) groups is 2. The second kappa shape index (κ2) is 6.64. The minimum absolute atomic E-state index is 0.0794. The first kappa shape index (κ1) is 15.9. The third kappa shape index (κ3) is 3.21. The fraction of sp³-hybridized carbons (Fsp3) is 0.176. The molecule has 0 bridgehead atoms. The molecule has 23 heavy (non-hydrogen) atoms. The monoisotopic (exact) mass is 346 g/mol. The molecule has 1 atom stereocenters. The fourth-order valence-electron chi connectivity index (χ4n) is 2.58. The van der Waals surface area contributed by atoms with Crippen LogP contribution in [0.2, 0.25) is 5.02 Å². The van der Waals surface area contributed by atoms with E-state index in [9.17, 15) is 14.7 Å². The number of thioether (sulfide) groups is 1. The van der Waals surface area contributed by atoms with Crippen LogP contribution in [0, 0.1) is 0 Å². The summed E-state index contributed by atoms with van der Waals surface area (Å²) in [6.07, 6.45) is 0. The van der Waals surface area contributed by atoms with Gasteiger partial charge in [-0.3, -0.25) is 4.79 Å². The van der Waals surface area contributed by atoms with Gasteiger partial charge in [-0.1, -0.05) is 41.9 Å². The minimum atomic E-state index is -1.34. The number of amides is 1. The van der Waals surface area contributed by atoms with Crippen molar-refractivity contribution in [1.82, 2.24) is 4.90 Å². The first-order valence-corrected chi connectivity index (χ1v) is 8.49. The van der Waals surface area contributed by atoms with Crippen LogP contribution in [0.1, 0.15) is 31.7 Å². The highest BCUT2D eigenvalue weighted by molar-refractivity contribution is 7.99. The number of carbonyl (C=O) groups excluding carboxylic acids is 2. The van der Waals surface area contributed by atoms with E-state index in [0.717, 1.165) is 11.3 Å². The van der Waals surface area contributed by atoms with Gasteiger partial charge in [-0.15, -0.1) is 11.8 Å². The summed E-state index contributed by atoms with van der Waals surface area (Å²) in [5, 5.41) is 11.7. The summed E-state index contributed by atoms with van der Waals surface area (Å²) in [5.41, 5.74) is 1.05. The highest BCUT2D eigenvalue weighted by Gasteiger charge is 2.32. The Hall–Kier alpha value is -1.98. The standard InChI is InChI=1S/C17H14ClNO3S/c18-12-7-5-11(6-8-12)16-19(9-10-23-16)15(20)13-3-1-2-4-14(13)17(21)22/h1-8,16H,9-10H2,(H,21,22)/p-1. The molecular formula is C17H13ClNO3S-. The average Bonchev–Trinajstić information content (AvgIpc) is 3.04. The van der Waals surface area contributed by atoms with Gasteiger partial charge in [0.15, 0.2) is 0 Å². The third-order valence-corrected chi connectivity index (χ3v) is 5.20. The molecule has 4 nitrogen and oxygen atoms in total. The second-order valence-corrected chi connectivity index (χ2v) is 6.73. The maximum absolute atomic E-state index is 12.8. The van der Waals surface area contributed by atoms with E-state index in [2.05, 4.69) is 0 Å². The normalized spacial score (nSPS) is 17.3. The lowest BCUT2D eigenvalue weighted by atomic mass is 10.1. The third-order valence-electron chi connectivity index (χ3n) is 3.68. The van der Waals surface area contributed by atoms with E-state index in [1.807, 2.05) is 12.1 Å². The van der Waals surface area contributed by atoms with Gasteiger partial charge in [0.2, 0.25) is 0 Å². The largest absolute Gasteiger partial charge is 0.545 e. The molecule has 0 aromatic heterocycles. The molecule has 0 N–H and O–H groups in total. The lowest BCUT2D eigenvalue weighted by Crippen LogP contribution is -2.33. The van der Waals surface area contributed by atoms with Gasteiger partial charge in [0.1, 0.15) is 5.37 Å². The molecule has 0 spiro atoms. The molecule has 3 rings (SSSR count). The van der Waals surface area contributed by atoms with Crippen molar-refractivity contribution in [2.45, 2.75) is 5.37 Å². The molecule has 1 heterocycles. The van der Waals surface area contributed by atoms with Crippen molar-refractivity contribution in [3.8, 4) is 0 Å². The predicted octanol–water partition coefficient (Wildman–Crippen LogP) is 2.59. The van der Waals surface area contributed by atoms with Crippen LogP contribution in [-0.4, -0.2) is 29.1 Å². The van der Waals surface area contributed by atoms with Gasteiger partial charge in [0, 0.05) is 28.4 Å². The number of halogens is 1. The van der Waals surface area contributed by atoms with Crippen LogP contribution >= 0.6 is 23.4 Å². The summed E-state index contributed by atoms with van der Waals surface area (Å²) >= 11 is 7.55. The summed E-state index contributed by atoms with van der Waals surface area (Å²) in [7, 11) is 0. The molecule has 1 saturated heterocycles. The molecule has 2 aromatic carbocycles. The second-order valence-electron chi connectivity index (χ2n) is 5.11. The lowest BCUT2D eigenvalue weighted by Gasteiger charge is -2.25. The number of carboxylic acid groups (broad SMARTS) is 1. The van der Waals surface area contributed by atoms with Crippen molar-refractivity contribution >= 4 is 35.2 Å². The number of aromatic carboxylic acids is 1. The SMILES string of the molecule is O=C([O-])c1ccccc1C(=O)N1CCSC1c1ccc(Cl)cc1. The van der Waals surface area contributed by atoms with Crippen LogP contribution in [0.3, 0.4) is 0 Å². The number of benzene rings is 2. The molecule has 2 aromatic rings. The number of carboxylic acids is 1.